The van der Waals surface area contributed by atoms with E-state index in [9.17, 15) is 0 Å². The summed E-state index contributed by atoms with van der Waals surface area (Å²) in [6.07, 6.45) is 5.62. The minimum absolute atomic E-state index is 1.62. The van der Waals surface area contributed by atoms with Gasteiger partial charge in [0.05, 0.1) is 0 Å². The summed E-state index contributed by atoms with van der Waals surface area (Å²) in [6.45, 7) is 11.4. The van der Waals surface area contributed by atoms with Gasteiger partial charge in [0.1, 0.15) is 0 Å². The van der Waals surface area contributed by atoms with Crippen molar-refractivity contribution in [1.82, 2.24) is 5.32 Å². The molecule has 0 radical (unpaired) electrons. The fourth-order valence-electron chi connectivity index (χ4n) is 0. The highest BCUT2D eigenvalue weighted by Gasteiger charge is 1.35. The van der Waals surface area contributed by atoms with Gasteiger partial charge in [-0.25, -0.2) is 0 Å². The van der Waals surface area contributed by atoms with Crippen LogP contribution in [-0.4, -0.2) is 7.05 Å². The van der Waals surface area contributed by atoms with Crippen molar-refractivity contribution in [3.05, 3.63) is 24.9 Å². The first-order chi connectivity index (χ1) is 4.83. The lowest BCUT2D eigenvalue weighted by atomic mass is 10.6. The zero-order valence-corrected chi connectivity index (χ0v) is 7.94. The Hall–Kier alpha value is -0.720. The summed E-state index contributed by atoms with van der Waals surface area (Å²) in [5.74, 6) is 0. The van der Waals surface area contributed by atoms with Crippen molar-refractivity contribution in [1.29, 1.82) is 0 Å². The fourth-order valence-corrected chi connectivity index (χ4v) is 0. The molecule has 0 atom stereocenters. The third-order valence-electron chi connectivity index (χ3n) is 0.537. The Balaban J connectivity index is -0.0000000787. The quantitative estimate of drug-likeness (QED) is 0.556. The summed E-state index contributed by atoms with van der Waals surface area (Å²) in [5, 5.41) is 2.69. The predicted molar refractivity (Wildman–Crippen MR) is 51.1 cm³/mol. The number of hydrogen-bond donors (Lipinski definition) is 1. The van der Waals surface area contributed by atoms with Crippen LogP contribution in [0.2, 0.25) is 0 Å². The van der Waals surface area contributed by atoms with Crippen LogP contribution in [0.15, 0.2) is 24.9 Å². The molecule has 1 heteroatoms. The van der Waals surface area contributed by atoms with Gasteiger partial charge in [-0.2, -0.15) is 0 Å². The molecule has 0 aromatic carbocycles. The number of allylic oxidation sites excluding steroid dienone is 2. The molecule has 0 rings (SSSR count). The summed E-state index contributed by atoms with van der Waals surface area (Å²) in [6, 6.07) is 0. The van der Waals surface area contributed by atoms with E-state index in [0.717, 1.165) is 0 Å². The smallest absolute Gasteiger partial charge is 0.00275 e. The molecule has 0 heterocycles. The first kappa shape index (κ1) is 16.1. The topological polar surface area (TPSA) is 12.0 Å². The van der Waals surface area contributed by atoms with Gasteiger partial charge in [-0.3, -0.25) is 0 Å². The second kappa shape index (κ2) is 40.8. The van der Waals surface area contributed by atoms with Crippen LogP contribution in [0, 0.1) is 0 Å². The lowest BCUT2D eigenvalue weighted by Crippen LogP contribution is -1.87. The Morgan fingerprint density at radius 1 is 1.10 bits per heavy atom. The minimum Gasteiger partial charge on any atom is -0.394 e. The van der Waals surface area contributed by atoms with E-state index in [-0.39, 0.29) is 0 Å². The lowest BCUT2D eigenvalue weighted by Gasteiger charge is -1.70. The zero-order valence-electron chi connectivity index (χ0n) is 7.94. The molecule has 0 aliphatic rings. The highest BCUT2D eigenvalue weighted by Crippen LogP contribution is 1.57. The Morgan fingerprint density at radius 2 is 1.30 bits per heavy atom. The van der Waals surface area contributed by atoms with E-state index in [0.29, 0.717) is 0 Å². The molecule has 0 aromatic rings. The molecular formula is C9H21N. The summed E-state index contributed by atoms with van der Waals surface area (Å²) >= 11 is 0. The molecule has 0 saturated carbocycles. The van der Waals surface area contributed by atoms with Gasteiger partial charge in [0.2, 0.25) is 0 Å². The summed E-state index contributed by atoms with van der Waals surface area (Å²) in [7, 11) is 1.81. The molecule has 10 heavy (non-hydrogen) atoms. The zero-order chi connectivity index (χ0) is 8.83. The van der Waals surface area contributed by atoms with E-state index >= 15 is 0 Å². The summed E-state index contributed by atoms with van der Waals surface area (Å²) in [5.41, 5.74) is 0. The van der Waals surface area contributed by atoms with Crippen LogP contribution in [0.5, 0.6) is 0 Å². The fraction of sp³-hybridized carbons (Fsp3) is 0.556. The van der Waals surface area contributed by atoms with Crippen molar-refractivity contribution in [2.45, 2.75) is 27.7 Å². The van der Waals surface area contributed by atoms with Crippen molar-refractivity contribution in [3.63, 3.8) is 0 Å². The van der Waals surface area contributed by atoms with Crippen molar-refractivity contribution in [2.75, 3.05) is 7.05 Å². The molecule has 0 bridgehead atoms. The van der Waals surface area contributed by atoms with E-state index < -0.39 is 0 Å². The lowest BCUT2D eigenvalue weighted by molar-refractivity contribution is 1.11. The van der Waals surface area contributed by atoms with Crippen LogP contribution in [-0.2, 0) is 0 Å². The molecule has 62 valence electrons. The van der Waals surface area contributed by atoms with E-state index in [1.54, 1.807) is 6.20 Å². The van der Waals surface area contributed by atoms with E-state index in [2.05, 4.69) is 11.9 Å². The SMILES string of the molecule is C/C=C/C.C=CNC.CC. The summed E-state index contributed by atoms with van der Waals surface area (Å²) < 4.78 is 0. The monoisotopic (exact) mass is 143 g/mol. The van der Waals surface area contributed by atoms with Gasteiger partial charge in [-0.1, -0.05) is 32.6 Å². The Kier molecular flexibility index (Phi) is 65.8. The van der Waals surface area contributed by atoms with Gasteiger partial charge >= 0.3 is 0 Å². The molecule has 0 amide bonds. The third kappa shape index (κ3) is 175. The van der Waals surface area contributed by atoms with Crippen LogP contribution in [0.1, 0.15) is 27.7 Å². The second-order valence-corrected chi connectivity index (χ2v) is 1.16. The molecule has 0 unspecified atom stereocenters. The first-order valence-electron chi connectivity index (χ1n) is 3.68. The summed E-state index contributed by atoms with van der Waals surface area (Å²) in [4.78, 5) is 0. The van der Waals surface area contributed by atoms with Crippen molar-refractivity contribution in [2.24, 2.45) is 0 Å². The molecule has 1 nitrogen and oxygen atoms in total. The molecule has 0 aliphatic heterocycles. The highest BCUT2D eigenvalue weighted by molar-refractivity contribution is 4.68. The van der Waals surface area contributed by atoms with Gasteiger partial charge < -0.3 is 5.32 Å². The standard InChI is InChI=1S/C4H8.C3H7N.C2H6/c2*1-3-4-2;1-2/h3-4H,1-2H3;3-4H,1H2,2H3;1-2H3/b4-3+;;. The van der Waals surface area contributed by atoms with Crippen LogP contribution in [0.4, 0.5) is 0 Å². The largest absolute Gasteiger partial charge is 0.394 e. The number of hydrogen-bond acceptors (Lipinski definition) is 1. The minimum atomic E-state index is 1.62. The molecule has 1 N–H and O–H groups in total. The van der Waals surface area contributed by atoms with Crippen LogP contribution >= 0.6 is 0 Å². The van der Waals surface area contributed by atoms with Gasteiger partial charge in [0.15, 0.2) is 0 Å². The van der Waals surface area contributed by atoms with Crippen LogP contribution in [0.3, 0.4) is 0 Å². The average Bonchev–Trinajstić information content (AvgIpc) is 2.08. The molecule has 0 aliphatic carbocycles. The second-order valence-electron chi connectivity index (χ2n) is 1.16. The Bertz CT molecular complexity index is 51.7. The molecule has 0 aromatic heterocycles. The van der Waals surface area contributed by atoms with Gasteiger partial charge in [-0.15, -0.1) is 0 Å². The van der Waals surface area contributed by atoms with E-state index in [1.807, 2.05) is 46.9 Å². The predicted octanol–water partition coefficient (Wildman–Crippen LogP) is 2.96. The van der Waals surface area contributed by atoms with E-state index in [4.69, 9.17) is 0 Å². The highest BCUT2D eigenvalue weighted by atomic mass is 14.8. The number of nitrogens with one attached hydrogen (secondary N) is 1. The molecular weight excluding hydrogens is 122 g/mol. The maximum absolute atomic E-state index is 3.37. The Morgan fingerprint density at radius 3 is 1.30 bits per heavy atom. The first-order valence-corrected chi connectivity index (χ1v) is 3.68. The van der Waals surface area contributed by atoms with Gasteiger partial charge in [0.25, 0.3) is 0 Å². The average molecular weight is 143 g/mol. The molecule has 0 saturated heterocycles. The molecule has 0 fully saturated rings. The van der Waals surface area contributed by atoms with E-state index in [1.165, 1.54) is 0 Å². The van der Waals surface area contributed by atoms with Crippen LogP contribution < -0.4 is 5.32 Å². The third-order valence-corrected chi connectivity index (χ3v) is 0.537. The maximum Gasteiger partial charge on any atom is 0.00275 e. The number of rotatable bonds is 1. The van der Waals surface area contributed by atoms with Crippen molar-refractivity contribution < 1.29 is 0 Å². The van der Waals surface area contributed by atoms with Gasteiger partial charge in [-0.05, 0) is 20.0 Å². The molecule has 0 spiro atoms. The van der Waals surface area contributed by atoms with Gasteiger partial charge in [0, 0.05) is 7.05 Å². The van der Waals surface area contributed by atoms with Crippen LogP contribution in [0.25, 0.3) is 0 Å². The maximum atomic E-state index is 3.37. The van der Waals surface area contributed by atoms with Crippen molar-refractivity contribution in [3.8, 4) is 0 Å². The Labute approximate surface area is 65.8 Å². The normalized spacial score (nSPS) is 6.50. The van der Waals surface area contributed by atoms with Crippen molar-refractivity contribution >= 4 is 0 Å².